The Bertz CT molecular complexity index is 791. The molecule has 0 saturated carbocycles. The van der Waals surface area contributed by atoms with Gasteiger partial charge in [-0.05, 0) is 25.0 Å². The van der Waals surface area contributed by atoms with E-state index in [1.54, 1.807) is 19.5 Å². The number of likely N-dealkylation sites (tertiary alicyclic amines) is 1. The van der Waals surface area contributed by atoms with Gasteiger partial charge in [0.1, 0.15) is 0 Å². The first-order chi connectivity index (χ1) is 13.7. The standard InChI is InChI=1S/C19H25N5O4/c1-26-10-7-21-18(25)24-12-15(19(13-24)4-8-27-9-5-19)17-22-16(23-28-17)14-3-2-6-20-11-14/h2-3,6,11,15H,4-5,7-10,12-13H2,1H3,(H,21,25)/t15-/m0/s1. The molecule has 0 aromatic carbocycles. The zero-order chi connectivity index (χ0) is 19.4. The topological polar surface area (TPSA) is 103 Å². The normalized spacial score (nSPS) is 21.2. The highest BCUT2D eigenvalue weighted by Crippen LogP contribution is 2.49. The van der Waals surface area contributed by atoms with Gasteiger partial charge in [0.25, 0.3) is 0 Å². The van der Waals surface area contributed by atoms with Crippen LogP contribution in [0, 0.1) is 5.41 Å². The summed E-state index contributed by atoms with van der Waals surface area (Å²) < 4.78 is 16.2. The number of urea groups is 1. The Morgan fingerprint density at radius 2 is 2.29 bits per heavy atom. The van der Waals surface area contributed by atoms with E-state index in [0.29, 0.717) is 51.2 Å². The third-order valence-electron chi connectivity index (χ3n) is 5.67. The maximum Gasteiger partial charge on any atom is 0.317 e. The summed E-state index contributed by atoms with van der Waals surface area (Å²) in [5.74, 6) is 1.09. The second-order valence-corrected chi connectivity index (χ2v) is 7.33. The summed E-state index contributed by atoms with van der Waals surface area (Å²) in [6.07, 6.45) is 5.15. The van der Waals surface area contributed by atoms with Crippen molar-refractivity contribution in [2.75, 3.05) is 46.6 Å². The van der Waals surface area contributed by atoms with Gasteiger partial charge < -0.3 is 24.2 Å². The molecule has 150 valence electrons. The molecule has 0 unspecified atom stereocenters. The van der Waals surface area contributed by atoms with Crippen LogP contribution in [0.1, 0.15) is 24.7 Å². The molecule has 2 aromatic rings. The molecule has 2 saturated heterocycles. The Hall–Kier alpha value is -2.52. The van der Waals surface area contributed by atoms with E-state index < -0.39 is 0 Å². The second-order valence-electron chi connectivity index (χ2n) is 7.33. The van der Waals surface area contributed by atoms with Crippen LogP contribution < -0.4 is 5.32 Å². The molecule has 9 heteroatoms. The van der Waals surface area contributed by atoms with Crippen molar-refractivity contribution in [2.45, 2.75) is 18.8 Å². The number of hydrogen-bond acceptors (Lipinski definition) is 7. The van der Waals surface area contributed by atoms with Crippen LogP contribution in [-0.4, -0.2) is 72.6 Å². The molecule has 1 N–H and O–H groups in total. The molecule has 0 radical (unpaired) electrons. The highest BCUT2D eigenvalue weighted by Gasteiger charge is 2.51. The number of aromatic nitrogens is 3. The number of carbonyl (C=O) groups is 1. The number of pyridine rings is 1. The number of nitrogens with one attached hydrogen (secondary N) is 1. The first-order valence-corrected chi connectivity index (χ1v) is 9.55. The lowest BCUT2D eigenvalue weighted by Crippen LogP contribution is -2.42. The Balaban J connectivity index is 1.55. The molecule has 0 aliphatic carbocycles. The first kappa shape index (κ1) is 18.8. The predicted molar refractivity (Wildman–Crippen MR) is 99.6 cm³/mol. The number of hydrogen-bond donors (Lipinski definition) is 1. The number of rotatable bonds is 5. The monoisotopic (exact) mass is 387 g/mol. The van der Waals surface area contributed by atoms with E-state index in [9.17, 15) is 4.79 Å². The minimum Gasteiger partial charge on any atom is -0.383 e. The van der Waals surface area contributed by atoms with E-state index >= 15 is 0 Å². The third-order valence-corrected chi connectivity index (χ3v) is 5.67. The van der Waals surface area contributed by atoms with E-state index in [0.717, 1.165) is 18.4 Å². The number of methoxy groups -OCH3 is 1. The van der Waals surface area contributed by atoms with Crippen molar-refractivity contribution in [2.24, 2.45) is 5.41 Å². The van der Waals surface area contributed by atoms with E-state index in [2.05, 4.69) is 20.4 Å². The molecular formula is C19H25N5O4. The van der Waals surface area contributed by atoms with Gasteiger partial charge in [-0.1, -0.05) is 5.16 Å². The van der Waals surface area contributed by atoms with Gasteiger partial charge in [0.2, 0.25) is 11.7 Å². The number of ether oxygens (including phenoxy) is 2. The Morgan fingerprint density at radius 3 is 3.04 bits per heavy atom. The van der Waals surface area contributed by atoms with Gasteiger partial charge >= 0.3 is 6.03 Å². The minimum absolute atomic E-state index is 0.0116. The molecule has 4 heterocycles. The van der Waals surface area contributed by atoms with Gasteiger partial charge in [0.05, 0.1) is 12.5 Å². The summed E-state index contributed by atoms with van der Waals surface area (Å²) in [6.45, 7) is 3.54. The lowest BCUT2D eigenvalue weighted by Gasteiger charge is -2.36. The fourth-order valence-corrected chi connectivity index (χ4v) is 4.11. The van der Waals surface area contributed by atoms with Gasteiger partial charge in [-0.2, -0.15) is 4.98 Å². The maximum atomic E-state index is 12.6. The van der Waals surface area contributed by atoms with Crippen LogP contribution in [0.15, 0.2) is 29.0 Å². The summed E-state index contributed by atoms with van der Waals surface area (Å²) in [5, 5.41) is 7.05. The molecule has 28 heavy (non-hydrogen) atoms. The highest BCUT2D eigenvalue weighted by atomic mass is 16.5. The van der Waals surface area contributed by atoms with E-state index in [1.165, 1.54) is 0 Å². The van der Waals surface area contributed by atoms with Crippen molar-refractivity contribution >= 4 is 6.03 Å². The average Bonchev–Trinajstić information content (AvgIpc) is 3.35. The van der Waals surface area contributed by atoms with Crippen molar-refractivity contribution in [3.63, 3.8) is 0 Å². The molecule has 1 spiro atoms. The van der Waals surface area contributed by atoms with E-state index in [1.807, 2.05) is 17.0 Å². The Labute approximate surface area is 163 Å². The third kappa shape index (κ3) is 3.72. The van der Waals surface area contributed by atoms with Gasteiger partial charge in [0.15, 0.2) is 0 Å². The molecule has 2 amide bonds. The summed E-state index contributed by atoms with van der Waals surface area (Å²) in [4.78, 5) is 23.2. The average molecular weight is 387 g/mol. The van der Waals surface area contributed by atoms with Gasteiger partial charge in [-0.15, -0.1) is 0 Å². The SMILES string of the molecule is COCCNC(=O)N1C[C@@H](c2nc(-c3cccnc3)no2)C2(CCOCC2)C1. The molecule has 4 rings (SSSR count). The van der Waals surface area contributed by atoms with Crippen molar-refractivity contribution in [3.05, 3.63) is 30.4 Å². The summed E-state index contributed by atoms with van der Waals surface area (Å²) in [7, 11) is 1.62. The van der Waals surface area contributed by atoms with Crippen LogP contribution in [0.4, 0.5) is 4.79 Å². The van der Waals surface area contributed by atoms with Crippen LogP contribution in [0.5, 0.6) is 0 Å². The minimum atomic E-state index is -0.102. The molecule has 9 nitrogen and oxygen atoms in total. The van der Waals surface area contributed by atoms with Gasteiger partial charge in [0, 0.05) is 63.3 Å². The second kappa shape index (κ2) is 8.24. The summed E-state index contributed by atoms with van der Waals surface area (Å²) in [5.41, 5.74) is 0.709. The fourth-order valence-electron chi connectivity index (χ4n) is 4.11. The van der Waals surface area contributed by atoms with Gasteiger partial charge in [-0.3, -0.25) is 4.98 Å². The zero-order valence-corrected chi connectivity index (χ0v) is 16.0. The van der Waals surface area contributed by atoms with Crippen LogP contribution in [-0.2, 0) is 9.47 Å². The van der Waals surface area contributed by atoms with Crippen LogP contribution in [0.25, 0.3) is 11.4 Å². The lowest BCUT2D eigenvalue weighted by atomic mass is 9.72. The Kier molecular flexibility index (Phi) is 5.54. The zero-order valence-electron chi connectivity index (χ0n) is 16.0. The largest absolute Gasteiger partial charge is 0.383 e. The molecule has 2 aliphatic rings. The molecule has 2 aromatic heterocycles. The van der Waals surface area contributed by atoms with E-state index in [4.69, 9.17) is 14.0 Å². The quantitative estimate of drug-likeness (QED) is 0.779. The molecule has 2 aliphatic heterocycles. The molecule has 2 fully saturated rings. The smallest absolute Gasteiger partial charge is 0.317 e. The Morgan fingerprint density at radius 1 is 1.43 bits per heavy atom. The number of nitrogens with zero attached hydrogens (tertiary/aromatic N) is 4. The van der Waals surface area contributed by atoms with Crippen molar-refractivity contribution < 1.29 is 18.8 Å². The highest BCUT2D eigenvalue weighted by molar-refractivity contribution is 5.74. The van der Waals surface area contributed by atoms with Crippen LogP contribution >= 0.6 is 0 Å². The van der Waals surface area contributed by atoms with Crippen LogP contribution in [0.3, 0.4) is 0 Å². The van der Waals surface area contributed by atoms with Gasteiger partial charge in [-0.25, -0.2) is 4.79 Å². The summed E-state index contributed by atoms with van der Waals surface area (Å²) >= 11 is 0. The maximum absolute atomic E-state index is 12.6. The first-order valence-electron chi connectivity index (χ1n) is 9.55. The number of amides is 2. The molecule has 1 atom stereocenters. The fraction of sp³-hybridized carbons (Fsp3) is 0.579. The van der Waals surface area contributed by atoms with Crippen molar-refractivity contribution in [1.29, 1.82) is 0 Å². The summed E-state index contributed by atoms with van der Waals surface area (Å²) in [6, 6.07) is 3.65. The van der Waals surface area contributed by atoms with E-state index in [-0.39, 0.29) is 17.4 Å². The molecule has 0 bridgehead atoms. The predicted octanol–water partition coefficient (Wildman–Crippen LogP) is 1.68. The van der Waals surface area contributed by atoms with Crippen molar-refractivity contribution in [1.82, 2.24) is 25.3 Å². The lowest BCUT2D eigenvalue weighted by molar-refractivity contribution is 0.00941. The molecular weight excluding hydrogens is 362 g/mol. The number of carbonyl (C=O) groups excluding carboxylic acids is 1. The van der Waals surface area contributed by atoms with Crippen LogP contribution in [0.2, 0.25) is 0 Å². The van der Waals surface area contributed by atoms with Crippen molar-refractivity contribution in [3.8, 4) is 11.4 Å².